The normalized spacial score (nSPS) is 0.833. The van der Waals surface area contributed by atoms with Crippen LogP contribution < -0.4 is 0 Å². The van der Waals surface area contributed by atoms with Crippen LogP contribution in [-0.2, 0) is 33.9 Å². The van der Waals surface area contributed by atoms with E-state index in [0.29, 0.717) is 0 Å². The first kappa shape index (κ1) is 77.9. The molecule has 0 aromatic rings. The molecule has 12 heavy (non-hydrogen) atoms. The SMILES string of the molecule is [C-]#N.[C-]#N.[C-]#N.[C-]#N.[C-]#N.[Cr+3].[Ni+2]. The van der Waals surface area contributed by atoms with Gasteiger partial charge in [-0.05, 0) is 0 Å². The molecule has 7 heteroatoms. The first-order chi connectivity index (χ1) is 5.00. The van der Waals surface area contributed by atoms with Crippen molar-refractivity contribution in [1.82, 2.24) is 0 Å². The summed E-state index contributed by atoms with van der Waals surface area (Å²) in [6.07, 6.45) is 0. The van der Waals surface area contributed by atoms with Crippen LogP contribution in [0.25, 0.3) is 0 Å². The topological polar surface area (TPSA) is 119 Å². The van der Waals surface area contributed by atoms with E-state index in [1.165, 1.54) is 0 Å². The van der Waals surface area contributed by atoms with Gasteiger partial charge in [0.05, 0.1) is 0 Å². The first-order valence-electron chi connectivity index (χ1n) is 1.12. The molecule has 0 aromatic carbocycles. The van der Waals surface area contributed by atoms with Crippen molar-refractivity contribution in [1.29, 1.82) is 26.3 Å². The third-order valence-electron chi connectivity index (χ3n) is 0. The van der Waals surface area contributed by atoms with Gasteiger partial charge in [0.2, 0.25) is 0 Å². The Labute approximate surface area is 93.1 Å². The number of nitrogens with zero attached hydrogens (tertiary/aromatic N) is 5. The van der Waals surface area contributed by atoms with Crippen molar-refractivity contribution < 1.29 is 33.9 Å². The van der Waals surface area contributed by atoms with Crippen LogP contribution in [0, 0.1) is 59.2 Å². The fourth-order valence-electron chi connectivity index (χ4n) is 0. The van der Waals surface area contributed by atoms with Crippen molar-refractivity contribution in [3.8, 4) is 0 Å². The van der Waals surface area contributed by atoms with E-state index < -0.39 is 0 Å². The van der Waals surface area contributed by atoms with Gasteiger partial charge in [0.15, 0.2) is 0 Å². The maximum Gasteiger partial charge on any atom is 3.00 e. The summed E-state index contributed by atoms with van der Waals surface area (Å²) >= 11 is 0. The fourth-order valence-corrected chi connectivity index (χ4v) is 0. The minimum atomic E-state index is 0. The Balaban J connectivity index is -0.00000000500. The number of rotatable bonds is 0. The molecule has 0 aliphatic heterocycles. The summed E-state index contributed by atoms with van der Waals surface area (Å²) < 4.78 is 0. The molecule has 5 nitrogen and oxygen atoms in total. The molecule has 0 N–H and O–H groups in total. The molecule has 61 valence electrons. The van der Waals surface area contributed by atoms with E-state index in [0.717, 1.165) is 0 Å². The Morgan fingerprint density at radius 2 is 0.417 bits per heavy atom. The fraction of sp³-hybridized carbons (Fsp3) is 0. The average molecular weight is 241 g/mol. The van der Waals surface area contributed by atoms with E-state index in [-0.39, 0.29) is 33.9 Å². The molecule has 0 rings (SSSR count). The summed E-state index contributed by atoms with van der Waals surface area (Å²) in [5.74, 6) is 0. The van der Waals surface area contributed by atoms with E-state index in [1.54, 1.807) is 0 Å². The van der Waals surface area contributed by atoms with Crippen LogP contribution in [0.2, 0.25) is 0 Å². The maximum absolute atomic E-state index is 6.25. The molecule has 0 unspecified atom stereocenters. The second-order valence-corrected chi connectivity index (χ2v) is 0. The monoisotopic (exact) mass is 240 g/mol. The summed E-state index contributed by atoms with van der Waals surface area (Å²) in [5.41, 5.74) is 0. The van der Waals surface area contributed by atoms with Crippen LogP contribution in [0.5, 0.6) is 0 Å². The second kappa shape index (κ2) is 293. The molecule has 0 atom stereocenters. The Bertz CT molecular complexity index is 78.4. The third-order valence-corrected chi connectivity index (χ3v) is 0. The van der Waals surface area contributed by atoms with E-state index in [1.807, 2.05) is 0 Å². The first-order valence-corrected chi connectivity index (χ1v) is 1.12. The Kier molecular flexibility index (Phi) is 1900. The van der Waals surface area contributed by atoms with Gasteiger partial charge in [0.25, 0.3) is 0 Å². The molecule has 0 amide bonds. The van der Waals surface area contributed by atoms with E-state index in [2.05, 4.69) is 0 Å². The summed E-state index contributed by atoms with van der Waals surface area (Å²) in [6.45, 7) is 23.8. The number of hydrogen-bond donors (Lipinski definition) is 0. The van der Waals surface area contributed by atoms with Crippen molar-refractivity contribution >= 4 is 0 Å². The van der Waals surface area contributed by atoms with Crippen LogP contribution in [0.1, 0.15) is 0 Å². The van der Waals surface area contributed by atoms with Crippen molar-refractivity contribution in [3.63, 3.8) is 0 Å². The van der Waals surface area contributed by atoms with Crippen molar-refractivity contribution in [2.24, 2.45) is 0 Å². The average Bonchev–Trinajstić information content (AvgIpc) is 2.20. The summed E-state index contributed by atoms with van der Waals surface area (Å²) in [4.78, 5) is 0. The van der Waals surface area contributed by atoms with Crippen LogP contribution >= 0.6 is 0 Å². The van der Waals surface area contributed by atoms with Crippen molar-refractivity contribution in [3.05, 3.63) is 32.9 Å². The van der Waals surface area contributed by atoms with E-state index >= 15 is 0 Å². The molecular formula is C5CrN5Ni. The van der Waals surface area contributed by atoms with Crippen LogP contribution in [-0.4, -0.2) is 0 Å². The predicted molar refractivity (Wildman–Crippen MR) is 24.8 cm³/mol. The van der Waals surface area contributed by atoms with E-state index in [9.17, 15) is 0 Å². The minimum absolute atomic E-state index is 0. The van der Waals surface area contributed by atoms with Crippen molar-refractivity contribution in [2.75, 3.05) is 0 Å². The van der Waals surface area contributed by atoms with Gasteiger partial charge in [-0.15, -0.1) is 0 Å². The zero-order valence-corrected chi connectivity index (χ0v) is 7.72. The Hall–Kier alpha value is -1.52. The molecule has 0 aromatic heterocycles. The molecule has 0 fully saturated rings. The molecular weight excluding hydrogens is 241 g/mol. The molecule has 0 saturated carbocycles. The molecule has 0 saturated heterocycles. The maximum atomic E-state index is 6.25. The predicted octanol–water partition coefficient (Wildman–Crippen LogP) is 0.477. The summed E-state index contributed by atoms with van der Waals surface area (Å²) in [5, 5.41) is 31.2. The summed E-state index contributed by atoms with van der Waals surface area (Å²) in [7, 11) is 0. The standard InChI is InChI=1S/5CN.Cr.Ni/c5*1-2;;/q5*-1;+3;+2. The van der Waals surface area contributed by atoms with Gasteiger partial charge in [-0.1, -0.05) is 0 Å². The quantitative estimate of drug-likeness (QED) is 0.451. The summed E-state index contributed by atoms with van der Waals surface area (Å²) in [6, 6.07) is 0. The largest absolute Gasteiger partial charge is 3.00 e. The number of hydrogen-bond acceptors (Lipinski definition) is 5. The Morgan fingerprint density at radius 3 is 0.417 bits per heavy atom. The smallest absolute Gasteiger partial charge is 0.512 e. The second-order valence-electron chi connectivity index (χ2n) is 0. The van der Waals surface area contributed by atoms with Gasteiger partial charge in [-0.3, -0.25) is 0 Å². The zero-order chi connectivity index (χ0) is 10.0. The molecule has 0 spiro atoms. The minimum Gasteiger partial charge on any atom is -0.512 e. The van der Waals surface area contributed by atoms with Gasteiger partial charge in [-0.25, -0.2) is 0 Å². The van der Waals surface area contributed by atoms with Gasteiger partial charge < -0.3 is 59.2 Å². The van der Waals surface area contributed by atoms with Gasteiger partial charge in [0.1, 0.15) is 0 Å². The van der Waals surface area contributed by atoms with Gasteiger partial charge in [-0.2, -0.15) is 0 Å². The Morgan fingerprint density at radius 1 is 0.417 bits per heavy atom. The molecule has 0 heterocycles. The van der Waals surface area contributed by atoms with Crippen molar-refractivity contribution in [2.45, 2.75) is 0 Å². The zero-order valence-electron chi connectivity index (χ0n) is 5.46. The third kappa shape index (κ3) is 204. The van der Waals surface area contributed by atoms with Crippen LogP contribution in [0.3, 0.4) is 0 Å². The molecule has 1 radical (unpaired) electrons. The van der Waals surface area contributed by atoms with Crippen LogP contribution in [0.4, 0.5) is 0 Å². The van der Waals surface area contributed by atoms with Gasteiger partial charge >= 0.3 is 33.9 Å². The van der Waals surface area contributed by atoms with Crippen LogP contribution in [0.15, 0.2) is 0 Å². The van der Waals surface area contributed by atoms with Gasteiger partial charge in [0, 0.05) is 0 Å². The van der Waals surface area contributed by atoms with E-state index in [4.69, 9.17) is 59.2 Å². The molecule has 0 aliphatic carbocycles. The molecule has 0 bridgehead atoms. The molecule has 0 aliphatic rings.